The smallest absolute Gasteiger partial charge is 0.250 e. The van der Waals surface area contributed by atoms with Gasteiger partial charge >= 0.3 is 0 Å². The van der Waals surface area contributed by atoms with Crippen molar-refractivity contribution in [3.05, 3.63) is 78.4 Å². The Morgan fingerprint density at radius 3 is 2.14 bits per heavy atom. The molecule has 0 unspecified atom stereocenters. The number of aromatic nitrogens is 3. The van der Waals surface area contributed by atoms with Crippen molar-refractivity contribution in [3.8, 4) is 34.3 Å². The van der Waals surface area contributed by atoms with Gasteiger partial charge in [0.25, 0.3) is 5.91 Å². The predicted molar refractivity (Wildman–Crippen MR) is 144 cm³/mol. The number of para-hydroxylation sites is 1. The minimum Gasteiger partial charge on any atom is -0.493 e. The molecule has 0 aliphatic carbocycles. The van der Waals surface area contributed by atoms with E-state index < -0.39 is 0 Å². The van der Waals surface area contributed by atoms with E-state index in [4.69, 9.17) is 14.2 Å². The summed E-state index contributed by atoms with van der Waals surface area (Å²) in [6.45, 7) is 1.85. The summed E-state index contributed by atoms with van der Waals surface area (Å²) in [7, 11) is 4.67. The number of thioether (sulfide) groups is 1. The normalized spacial score (nSPS) is 11.2. The van der Waals surface area contributed by atoms with Gasteiger partial charge in [-0.15, -0.1) is 10.2 Å². The molecule has 4 aromatic rings. The molecule has 0 spiro atoms. The Hall–Kier alpha value is -4.31. The maximum Gasteiger partial charge on any atom is 0.250 e. The lowest BCUT2D eigenvalue weighted by molar-refractivity contribution is -0.118. The van der Waals surface area contributed by atoms with E-state index >= 15 is 0 Å². The molecule has 9 nitrogen and oxygen atoms in total. The van der Waals surface area contributed by atoms with Crippen LogP contribution in [-0.2, 0) is 4.79 Å². The zero-order valence-electron chi connectivity index (χ0n) is 21.0. The molecule has 1 aromatic heterocycles. The van der Waals surface area contributed by atoms with E-state index in [1.54, 1.807) is 21.3 Å². The SMILES string of the molecule is COc1cc(-c2nnc(SCC(=O)NN=C(C)c3ccccc3)n2-c2ccccc2)cc(OC)c1OC. The van der Waals surface area contributed by atoms with Crippen LogP contribution in [0.25, 0.3) is 17.1 Å². The molecule has 4 rings (SSSR count). The average molecular weight is 518 g/mol. The molecule has 1 amide bonds. The lowest BCUT2D eigenvalue weighted by Crippen LogP contribution is -2.21. The van der Waals surface area contributed by atoms with Gasteiger partial charge in [-0.1, -0.05) is 60.3 Å². The van der Waals surface area contributed by atoms with E-state index in [0.29, 0.717) is 33.8 Å². The fourth-order valence-electron chi connectivity index (χ4n) is 3.62. The van der Waals surface area contributed by atoms with Crippen molar-refractivity contribution in [2.45, 2.75) is 12.1 Å². The highest BCUT2D eigenvalue weighted by Crippen LogP contribution is 2.41. The third-order valence-electron chi connectivity index (χ3n) is 5.44. The van der Waals surface area contributed by atoms with Gasteiger partial charge < -0.3 is 14.2 Å². The van der Waals surface area contributed by atoms with Crippen LogP contribution in [0.5, 0.6) is 17.2 Å². The number of rotatable bonds is 10. The molecule has 0 aliphatic rings. The average Bonchev–Trinajstić information content (AvgIpc) is 3.38. The number of nitrogens with one attached hydrogen (secondary N) is 1. The highest BCUT2D eigenvalue weighted by Gasteiger charge is 2.21. The van der Waals surface area contributed by atoms with Gasteiger partial charge in [0.15, 0.2) is 22.5 Å². The third-order valence-corrected chi connectivity index (χ3v) is 6.37. The van der Waals surface area contributed by atoms with E-state index in [1.807, 2.05) is 84.3 Å². The zero-order chi connectivity index (χ0) is 26.2. The van der Waals surface area contributed by atoms with E-state index in [2.05, 4.69) is 20.7 Å². The number of hydrogen-bond acceptors (Lipinski definition) is 8. The van der Waals surface area contributed by atoms with Crippen molar-refractivity contribution in [1.82, 2.24) is 20.2 Å². The van der Waals surface area contributed by atoms with Crippen molar-refractivity contribution in [2.24, 2.45) is 5.10 Å². The number of carbonyl (C=O) groups is 1. The number of methoxy groups -OCH3 is 3. The quantitative estimate of drug-likeness (QED) is 0.187. The van der Waals surface area contributed by atoms with Gasteiger partial charge in [-0.05, 0) is 36.8 Å². The van der Waals surface area contributed by atoms with Crippen LogP contribution >= 0.6 is 11.8 Å². The Morgan fingerprint density at radius 2 is 1.54 bits per heavy atom. The lowest BCUT2D eigenvalue weighted by Gasteiger charge is -2.15. The molecular formula is C27H27N5O4S. The fourth-order valence-corrected chi connectivity index (χ4v) is 4.37. The van der Waals surface area contributed by atoms with Gasteiger partial charge in [0.2, 0.25) is 5.75 Å². The van der Waals surface area contributed by atoms with Gasteiger partial charge in [0, 0.05) is 11.3 Å². The molecule has 1 N–H and O–H groups in total. The van der Waals surface area contributed by atoms with Gasteiger partial charge in [0.1, 0.15) is 0 Å². The fraction of sp³-hybridized carbons (Fsp3) is 0.185. The summed E-state index contributed by atoms with van der Waals surface area (Å²) < 4.78 is 18.4. The Balaban J connectivity index is 1.62. The standard InChI is InChI=1S/C27H27N5O4S/c1-18(19-11-7-5-8-12-19)28-29-24(33)17-37-27-31-30-26(32(27)21-13-9-6-10-14-21)20-15-22(34-2)25(36-4)23(16-20)35-3/h5-16H,17H2,1-4H3,(H,29,33). The van der Waals surface area contributed by atoms with Crippen molar-refractivity contribution < 1.29 is 19.0 Å². The summed E-state index contributed by atoms with van der Waals surface area (Å²) >= 11 is 1.26. The number of ether oxygens (including phenoxy) is 3. The summed E-state index contributed by atoms with van der Waals surface area (Å²) in [5, 5.41) is 13.6. The maximum absolute atomic E-state index is 12.6. The predicted octanol–water partition coefficient (Wildman–Crippen LogP) is 4.59. The number of hydrogen-bond donors (Lipinski definition) is 1. The van der Waals surface area contributed by atoms with Crippen molar-refractivity contribution >= 4 is 23.4 Å². The molecule has 1 heterocycles. The summed E-state index contributed by atoms with van der Waals surface area (Å²) in [5.74, 6) is 1.89. The molecule has 3 aromatic carbocycles. The van der Waals surface area contributed by atoms with Crippen LogP contribution in [0.15, 0.2) is 83.1 Å². The van der Waals surface area contributed by atoms with Crippen LogP contribution in [0.4, 0.5) is 0 Å². The van der Waals surface area contributed by atoms with E-state index in [0.717, 1.165) is 17.0 Å². The molecule has 0 aliphatic heterocycles. The second-order valence-corrected chi connectivity index (χ2v) is 8.72. The van der Waals surface area contributed by atoms with Gasteiger partial charge in [-0.3, -0.25) is 9.36 Å². The first-order chi connectivity index (χ1) is 18.0. The van der Waals surface area contributed by atoms with Gasteiger partial charge in [-0.25, -0.2) is 5.43 Å². The first-order valence-corrected chi connectivity index (χ1v) is 12.4. The minimum atomic E-state index is -0.253. The van der Waals surface area contributed by atoms with Crippen LogP contribution in [0, 0.1) is 0 Å². The molecule has 0 radical (unpaired) electrons. The second-order valence-electron chi connectivity index (χ2n) is 7.78. The number of amides is 1. The molecule has 0 saturated carbocycles. The van der Waals surface area contributed by atoms with Crippen LogP contribution in [0.2, 0.25) is 0 Å². The first kappa shape index (κ1) is 25.8. The Morgan fingerprint density at radius 1 is 0.919 bits per heavy atom. The Labute approximate surface area is 219 Å². The van der Waals surface area contributed by atoms with Crippen LogP contribution in [0.1, 0.15) is 12.5 Å². The number of hydrazone groups is 1. The van der Waals surface area contributed by atoms with E-state index in [9.17, 15) is 4.79 Å². The van der Waals surface area contributed by atoms with Crippen LogP contribution in [0.3, 0.4) is 0 Å². The topological polar surface area (TPSA) is 99.9 Å². The minimum absolute atomic E-state index is 0.103. The molecule has 0 bridgehead atoms. The maximum atomic E-state index is 12.6. The Kier molecular flexibility index (Phi) is 8.42. The highest BCUT2D eigenvalue weighted by molar-refractivity contribution is 7.99. The third kappa shape index (κ3) is 5.92. The molecular weight excluding hydrogens is 490 g/mol. The second kappa shape index (κ2) is 12.1. The zero-order valence-corrected chi connectivity index (χ0v) is 21.8. The van der Waals surface area contributed by atoms with Gasteiger partial charge in [-0.2, -0.15) is 5.10 Å². The molecule has 37 heavy (non-hydrogen) atoms. The largest absolute Gasteiger partial charge is 0.493 e. The number of benzene rings is 3. The van der Waals surface area contributed by atoms with Crippen LogP contribution < -0.4 is 19.6 Å². The first-order valence-electron chi connectivity index (χ1n) is 11.4. The summed E-state index contributed by atoms with van der Waals surface area (Å²) in [5.41, 5.74) is 5.83. The molecule has 10 heteroatoms. The van der Waals surface area contributed by atoms with E-state index in [1.165, 1.54) is 11.8 Å². The molecule has 0 saturated heterocycles. The number of nitrogens with zero attached hydrogens (tertiary/aromatic N) is 4. The summed E-state index contributed by atoms with van der Waals surface area (Å²) in [4.78, 5) is 12.6. The van der Waals surface area contributed by atoms with Crippen LogP contribution in [-0.4, -0.2) is 53.5 Å². The number of carbonyl (C=O) groups excluding carboxylic acids is 1. The summed E-state index contributed by atoms with van der Waals surface area (Å²) in [6, 6.07) is 23.0. The monoisotopic (exact) mass is 517 g/mol. The highest BCUT2D eigenvalue weighted by atomic mass is 32.2. The van der Waals surface area contributed by atoms with Crippen molar-refractivity contribution in [3.63, 3.8) is 0 Å². The van der Waals surface area contributed by atoms with Crippen molar-refractivity contribution in [2.75, 3.05) is 27.1 Å². The van der Waals surface area contributed by atoms with Crippen molar-refractivity contribution in [1.29, 1.82) is 0 Å². The lowest BCUT2D eigenvalue weighted by atomic mass is 10.1. The molecule has 190 valence electrons. The van der Waals surface area contributed by atoms with Gasteiger partial charge in [0.05, 0.1) is 32.8 Å². The summed E-state index contributed by atoms with van der Waals surface area (Å²) in [6.07, 6.45) is 0. The molecule has 0 fully saturated rings. The Bertz CT molecular complexity index is 1370. The van der Waals surface area contributed by atoms with E-state index in [-0.39, 0.29) is 11.7 Å². The molecule has 0 atom stereocenters.